The van der Waals surface area contributed by atoms with Crippen molar-refractivity contribution in [3.8, 4) is 5.75 Å². The molecule has 2 atom stereocenters. The standard InChI is InChI=1S/C23H28O4/c1-16(14-25-15-19-9-11-20(24-4)12-10-19)13-23-26-17(2)21-7-5-6-8-22(21)18(3)27-23/h5-13,17-18,23H,14-15H2,1-4H3/b16-13+. The summed E-state index contributed by atoms with van der Waals surface area (Å²) >= 11 is 0. The van der Waals surface area contributed by atoms with E-state index >= 15 is 0 Å². The molecule has 1 aliphatic rings. The fourth-order valence-corrected chi connectivity index (χ4v) is 3.24. The normalized spacial score (nSPS) is 22.8. The zero-order valence-electron chi connectivity index (χ0n) is 16.5. The third-order valence-electron chi connectivity index (χ3n) is 4.73. The van der Waals surface area contributed by atoms with Gasteiger partial charge in [0.2, 0.25) is 0 Å². The van der Waals surface area contributed by atoms with Crippen LogP contribution in [0.4, 0.5) is 0 Å². The molecule has 2 aromatic rings. The summed E-state index contributed by atoms with van der Waals surface area (Å²) in [7, 11) is 1.66. The number of methoxy groups -OCH3 is 1. The second kappa shape index (κ2) is 9.18. The van der Waals surface area contributed by atoms with Crippen LogP contribution in [0.15, 0.2) is 60.2 Å². The molecule has 0 radical (unpaired) electrons. The van der Waals surface area contributed by atoms with Crippen molar-refractivity contribution in [2.24, 2.45) is 0 Å². The van der Waals surface area contributed by atoms with E-state index < -0.39 is 0 Å². The van der Waals surface area contributed by atoms with E-state index in [2.05, 4.69) is 26.0 Å². The van der Waals surface area contributed by atoms with Crippen LogP contribution in [0.3, 0.4) is 0 Å². The Kier molecular flexibility index (Phi) is 6.67. The smallest absolute Gasteiger partial charge is 0.178 e. The minimum atomic E-state index is -0.382. The van der Waals surface area contributed by atoms with Gasteiger partial charge in [-0.1, -0.05) is 36.4 Å². The minimum Gasteiger partial charge on any atom is -0.497 e. The Hall–Kier alpha value is -2.14. The maximum absolute atomic E-state index is 6.10. The molecule has 0 N–H and O–H groups in total. The van der Waals surface area contributed by atoms with E-state index in [1.54, 1.807) is 7.11 Å². The first kappa shape index (κ1) is 19.6. The Bertz CT molecular complexity index is 735. The predicted molar refractivity (Wildman–Crippen MR) is 106 cm³/mol. The van der Waals surface area contributed by atoms with Crippen LogP contribution < -0.4 is 4.74 Å². The number of fused-ring (bicyclic) bond motifs is 1. The van der Waals surface area contributed by atoms with Crippen LogP contribution in [-0.2, 0) is 20.8 Å². The van der Waals surface area contributed by atoms with Gasteiger partial charge in [0, 0.05) is 0 Å². The molecule has 3 rings (SSSR count). The average molecular weight is 368 g/mol. The largest absolute Gasteiger partial charge is 0.497 e. The van der Waals surface area contributed by atoms with Gasteiger partial charge >= 0.3 is 0 Å². The maximum Gasteiger partial charge on any atom is 0.178 e. The summed E-state index contributed by atoms with van der Waals surface area (Å²) in [5, 5.41) is 0. The number of hydrogen-bond donors (Lipinski definition) is 0. The molecule has 0 amide bonds. The van der Waals surface area contributed by atoms with Crippen LogP contribution in [0.25, 0.3) is 0 Å². The van der Waals surface area contributed by atoms with Crippen molar-refractivity contribution >= 4 is 0 Å². The SMILES string of the molecule is COc1ccc(COC/C(C)=C/C2OC(C)c3ccccc3C(C)O2)cc1. The second-order valence-corrected chi connectivity index (χ2v) is 6.91. The van der Waals surface area contributed by atoms with Gasteiger partial charge in [0.25, 0.3) is 0 Å². The van der Waals surface area contributed by atoms with Gasteiger partial charge in [0.05, 0.1) is 32.5 Å². The molecule has 1 aliphatic heterocycles. The number of hydrogen-bond acceptors (Lipinski definition) is 4. The first-order valence-electron chi connectivity index (χ1n) is 9.34. The molecule has 4 nitrogen and oxygen atoms in total. The van der Waals surface area contributed by atoms with Gasteiger partial charge in [-0.25, -0.2) is 0 Å². The lowest BCUT2D eigenvalue weighted by Crippen LogP contribution is -2.16. The fourth-order valence-electron chi connectivity index (χ4n) is 3.24. The summed E-state index contributed by atoms with van der Waals surface area (Å²) in [6.07, 6.45) is 1.60. The lowest BCUT2D eigenvalue weighted by atomic mass is 10.00. The molecule has 27 heavy (non-hydrogen) atoms. The highest BCUT2D eigenvalue weighted by atomic mass is 16.7. The molecule has 0 fully saturated rings. The molecule has 0 aliphatic carbocycles. The highest BCUT2D eigenvalue weighted by Gasteiger charge is 2.25. The van der Waals surface area contributed by atoms with Gasteiger partial charge in [-0.2, -0.15) is 0 Å². The number of ether oxygens (including phenoxy) is 4. The molecule has 0 saturated carbocycles. The lowest BCUT2D eigenvalue weighted by molar-refractivity contribution is -0.154. The summed E-state index contributed by atoms with van der Waals surface area (Å²) in [4.78, 5) is 0. The highest BCUT2D eigenvalue weighted by molar-refractivity contribution is 5.31. The van der Waals surface area contributed by atoms with E-state index in [9.17, 15) is 0 Å². The molecule has 2 unspecified atom stereocenters. The summed E-state index contributed by atoms with van der Waals surface area (Å²) < 4.78 is 23.2. The summed E-state index contributed by atoms with van der Waals surface area (Å²) in [6.45, 7) is 7.26. The molecule has 4 heteroatoms. The lowest BCUT2D eigenvalue weighted by Gasteiger charge is -2.18. The van der Waals surface area contributed by atoms with Gasteiger partial charge < -0.3 is 18.9 Å². The Morgan fingerprint density at radius 2 is 1.56 bits per heavy atom. The van der Waals surface area contributed by atoms with Gasteiger partial charge in [-0.15, -0.1) is 0 Å². The van der Waals surface area contributed by atoms with E-state index in [1.807, 2.05) is 49.4 Å². The first-order chi connectivity index (χ1) is 13.1. The molecule has 0 aromatic heterocycles. The van der Waals surface area contributed by atoms with E-state index in [0.29, 0.717) is 13.2 Å². The zero-order chi connectivity index (χ0) is 19.2. The monoisotopic (exact) mass is 368 g/mol. The van der Waals surface area contributed by atoms with E-state index in [1.165, 1.54) is 11.1 Å². The van der Waals surface area contributed by atoms with Crippen LogP contribution in [0.2, 0.25) is 0 Å². The van der Waals surface area contributed by atoms with Crippen molar-refractivity contribution in [1.29, 1.82) is 0 Å². The number of benzene rings is 2. The quantitative estimate of drug-likeness (QED) is 0.644. The maximum atomic E-state index is 6.10. The van der Waals surface area contributed by atoms with E-state index in [-0.39, 0.29) is 18.5 Å². The second-order valence-electron chi connectivity index (χ2n) is 6.91. The Morgan fingerprint density at radius 3 is 2.11 bits per heavy atom. The molecular formula is C23H28O4. The summed E-state index contributed by atoms with van der Waals surface area (Å²) in [5.74, 6) is 0.849. The topological polar surface area (TPSA) is 36.9 Å². The van der Waals surface area contributed by atoms with Crippen LogP contribution >= 0.6 is 0 Å². The predicted octanol–water partition coefficient (Wildman–Crippen LogP) is 5.35. The third kappa shape index (κ3) is 5.19. The van der Waals surface area contributed by atoms with Gasteiger partial charge in [-0.05, 0) is 61.2 Å². The first-order valence-corrected chi connectivity index (χ1v) is 9.34. The molecule has 2 aromatic carbocycles. The van der Waals surface area contributed by atoms with Crippen molar-refractivity contribution < 1.29 is 18.9 Å². The van der Waals surface area contributed by atoms with Crippen molar-refractivity contribution in [2.75, 3.05) is 13.7 Å². The Labute approximate surface area is 161 Å². The van der Waals surface area contributed by atoms with Crippen LogP contribution in [0.1, 0.15) is 49.7 Å². The average Bonchev–Trinajstić information content (AvgIpc) is 2.79. The Balaban J connectivity index is 1.56. The fraction of sp³-hybridized carbons (Fsp3) is 0.391. The van der Waals surface area contributed by atoms with Gasteiger partial charge in [0.15, 0.2) is 6.29 Å². The molecule has 0 spiro atoms. The van der Waals surface area contributed by atoms with E-state index in [4.69, 9.17) is 18.9 Å². The number of rotatable bonds is 6. The van der Waals surface area contributed by atoms with Crippen molar-refractivity contribution in [3.05, 3.63) is 76.9 Å². The molecule has 0 saturated heterocycles. The van der Waals surface area contributed by atoms with Crippen LogP contribution in [-0.4, -0.2) is 20.0 Å². The van der Waals surface area contributed by atoms with Crippen LogP contribution in [0.5, 0.6) is 5.75 Å². The summed E-state index contributed by atoms with van der Waals surface area (Å²) in [5.41, 5.74) is 4.57. The van der Waals surface area contributed by atoms with Gasteiger partial charge in [-0.3, -0.25) is 0 Å². The molecule has 144 valence electrons. The molecular weight excluding hydrogens is 340 g/mol. The summed E-state index contributed by atoms with van der Waals surface area (Å²) in [6, 6.07) is 16.2. The third-order valence-corrected chi connectivity index (χ3v) is 4.73. The van der Waals surface area contributed by atoms with Crippen molar-refractivity contribution in [2.45, 2.75) is 45.9 Å². The van der Waals surface area contributed by atoms with Crippen molar-refractivity contribution in [3.63, 3.8) is 0 Å². The molecule has 0 bridgehead atoms. The van der Waals surface area contributed by atoms with Gasteiger partial charge in [0.1, 0.15) is 5.75 Å². The van der Waals surface area contributed by atoms with E-state index in [0.717, 1.165) is 16.9 Å². The van der Waals surface area contributed by atoms with Crippen LogP contribution in [0, 0.1) is 0 Å². The zero-order valence-corrected chi connectivity index (χ0v) is 16.5. The highest BCUT2D eigenvalue weighted by Crippen LogP contribution is 2.34. The Morgan fingerprint density at radius 1 is 0.963 bits per heavy atom. The van der Waals surface area contributed by atoms with Crippen molar-refractivity contribution in [1.82, 2.24) is 0 Å². The minimum absolute atomic E-state index is 0.0135. The molecule has 1 heterocycles.